The zero-order chi connectivity index (χ0) is 17.4. The summed E-state index contributed by atoms with van der Waals surface area (Å²) in [5.41, 5.74) is 3.33. The van der Waals surface area contributed by atoms with Crippen molar-refractivity contribution in [1.29, 1.82) is 0 Å². The molecular formula is C18H19FN6. The van der Waals surface area contributed by atoms with Crippen LogP contribution >= 0.6 is 0 Å². The van der Waals surface area contributed by atoms with Gasteiger partial charge < -0.3 is 4.90 Å². The first kappa shape index (κ1) is 15.7. The predicted molar refractivity (Wildman–Crippen MR) is 95.1 cm³/mol. The molecule has 1 saturated heterocycles. The Kier molecular flexibility index (Phi) is 3.91. The molecule has 0 N–H and O–H groups in total. The third kappa shape index (κ3) is 3.09. The van der Waals surface area contributed by atoms with Crippen LogP contribution in [0.4, 0.5) is 10.2 Å². The van der Waals surface area contributed by atoms with Crippen molar-refractivity contribution < 1.29 is 4.39 Å². The van der Waals surface area contributed by atoms with Crippen LogP contribution in [0.25, 0.3) is 17.8 Å². The maximum atomic E-state index is 13.4. The van der Waals surface area contributed by atoms with Crippen LogP contribution in [-0.4, -0.2) is 43.8 Å². The molecule has 0 aliphatic carbocycles. The van der Waals surface area contributed by atoms with Gasteiger partial charge in [0, 0.05) is 12.7 Å². The number of pyridine rings is 1. The Morgan fingerprint density at radius 2 is 2.08 bits per heavy atom. The fourth-order valence-electron chi connectivity index (χ4n) is 2.98. The maximum absolute atomic E-state index is 13.4. The highest BCUT2D eigenvalue weighted by Crippen LogP contribution is 2.20. The fraction of sp³-hybridized carbons (Fsp3) is 0.333. The standard InChI is InChI=1S/C18H19FN6/c1-12-10-20-13(2)18-22-16(23-25(12)18)7-6-15-4-3-5-17(21-15)24-9-8-14(19)11-24/h3-7,10,14H,8-9,11H2,1-2H3/b7-6+. The van der Waals surface area contributed by atoms with Crippen molar-refractivity contribution in [3.63, 3.8) is 0 Å². The molecular weight excluding hydrogens is 319 g/mol. The van der Waals surface area contributed by atoms with Gasteiger partial charge >= 0.3 is 0 Å². The summed E-state index contributed by atoms with van der Waals surface area (Å²) < 4.78 is 15.2. The lowest BCUT2D eigenvalue weighted by atomic mass is 10.3. The van der Waals surface area contributed by atoms with Gasteiger partial charge in [-0.15, -0.1) is 5.10 Å². The molecule has 7 heteroatoms. The highest BCUT2D eigenvalue weighted by Gasteiger charge is 2.22. The van der Waals surface area contributed by atoms with E-state index in [-0.39, 0.29) is 0 Å². The Hall–Kier alpha value is -2.83. The molecule has 128 valence electrons. The molecule has 25 heavy (non-hydrogen) atoms. The van der Waals surface area contributed by atoms with Crippen LogP contribution in [0.5, 0.6) is 0 Å². The zero-order valence-electron chi connectivity index (χ0n) is 14.2. The molecule has 0 radical (unpaired) electrons. The van der Waals surface area contributed by atoms with Crippen LogP contribution in [0.3, 0.4) is 0 Å². The molecule has 4 rings (SSSR count). The van der Waals surface area contributed by atoms with E-state index in [2.05, 4.69) is 20.1 Å². The van der Waals surface area contributed by atoms with Crippen LogP contribution in [0.2, 0.25) is 0 Å². The van der Waals surface area contributed by atoms with Gasteiger partial charge in [0.15, 0.2) is 11.5 Å². The van der Waals surface area contributed by atoms with Gasteiger partial charge in [0.1, 0.15) is 12.0 Å². The molecule has 0 aromatic carbocycles. The lowest BCUT2D eigenvalue weighted by Crippen LogP contribution is -2.21. The van der Waals surface area contributed by atoms with E-state index in [1.807, 2.05) is 49.1 Å². The first-order valence-electron chi connectivity index (χ1n) is 8.33. The molecule has 0 amide bonds. The van der Waals surface area contributed by atoms with E-state index in [9.17, 15) is 4.39 Å². The number of anilines is 1. The molecule has 0 spiro atoms. The van der Waals surface area contributed by atoms with Crippen LogP contribution in [0, 0.1) is 13.8 Å². The average molecular weight is 338 g/mol. The minimum atomic E-state index is -0.761. The highest BCUT2D eigenvalue weighted by atomic mass is 19.1. The quantitative estimate of drug-likeness (QED) is 0.735. The van der Waals surface area contributed by atoms with E-state index in [0.717, 1.165) is 28.5 Å². The number of aromatic nitrogens is 5. The molecule has 1 fully saturated rings. The second-order valence-corrected chi connectivity index (χ2v) is 6.28. The summed E-state index contributed by atoms with van der Waals surface area (Å²) in [5.74, 6) is 1.41. The first-order chi connectivity index (χ1) is 12.1. The van der Waals surface area contributed by atoms with Crippen LogP contribution < -0.4 is 4.90 Å². The second-order valence-electron chi connectivity index (χ2n) is 6.28. The topological polar surface area (TPSA) is 59.2 Å². The molecule has 1 atom stereocenters. The lowest BCUT2D eigenvalue weighted by molar-refractivity contribution is 0.364. The van der Waals surface area contributed by atoms with Gasteiger partial charge in [-0.1, -0.05) is 6.07 Å². The number of rotatable bonds is 3. The molecule has 0 saturated carbocycles. The summed E-state index contributed by atoms with van der Waals surface area (Å²) in [6.07, 6.45) is 5.30. The third-order valence-electron chi connectivity index (χ3n) is 4.34. The van der Waals surface area contributed by atoms with Crippen molar-refractivity contribution in [2.24, 2.45) is 0 Å². The minimum absolute atomic E-state index is 0.416. The number of hydrogen-bond acceptors (Lipinski definition) is 5. The Labute approximate surface area is 145 Å². The van der Waals surface area contributed by atoms with Crippen molar-refractivity contribution in [3.05, 3.63) is 47.3 Å². The van der Waals surface area contributed by atoms with E-state index >= 15 is 0 Å². The second kappa shape index (κ2) is 6.23. The van der Waals surface area contributed by atoms with E-state index < -0.39 is 6.17 Å². The van der Waals surface area contributed by atoms with Gasteiger partial charge in [-0.2, -0.15) is 0 Å². The predicted octanol–water partition coefficient (Wildman–Crippen LogP) is 2.85. The van der Waals surface area contributed by atoms with Crippen LogP contribution in [0.15, 0.2) is 24.4 Å². The van der Waals surface area contributed by atoms with Gasteiger partial charge in [0.25, 0.3) is 0 Å². The fourth-order valence-corrected chi connectivity index (χ4v) is 2.98. The van der Waals surface area contributed by atoms with E-state index in [4.69, 9.17) is 0 Å². The number of fused-ring (bicyclic) bond motifs is 1. The van der Waals surface area contributed by atoms with Gasteiger partial charge in [0.2, 0.25) is 0 Å². The summed E-state index contributed by atoms with van der Waals surface area (Å²) in [7, 11) is 0. The molecule has 4 heterocycles. The number of alkyl halides is 1. The highest BCUT2D eigenvalue weighted by molar-refractivity contribution is 5.66. The van der Waals surface area contributed by atoms with Crippen molar-refractivity contribution in [3.8, 4) is 0 Å². The third-order valence-corrected chi connectivity index (χ3v) is 4.34. The number of halogens is 1. The molecule has 6 nitrogen and oxygen atoms in total. The smallest absolute Gasteiger partial charge is 0.177 e. The van der Waals surface area contributed by atoms with Crippen LogP contribution in [-0.2, 0) is 0 Å². The van der Waals surface area contributed by atoms with Crippen LogP contribution in [0.1, 0.15) is 29.3 Å². The SMILES string of the molecule is Cc1ncc(C)n2nc(/C=C/c3cccc(N4CCC(F)C4)n3)nc12. The maximum Gasteiger partial charge on any atom is 0.177 e. The van der Waals surface area contributed by atoms with E-state index in [0.29, 0.717) is 25.3 Å². The molecule has 0 bridgehead atoms. The summed E-state index contributed by atoms with van der Waals surface area (Å²) in [4.78, 5) is 15.4. The summed E-state index contributed by atoms with van der Waals surface area (Å²) in [5, 5.41) is 4.49. The van der Waals surface area contributed by atoms with Gasteiger partial charge in [-0.3, -0.25) is 4.98 Å². The number of aryl methyl sites for hydroxylation is 2. The Balaban J connectivity index is 1.60. The zero-order valence-corrected chi connectivity index (χ0v) is 14.2. The number of hydrogen-bond donors (Lipinski definition) is 0. The first-order valence-corrected chi connectivity index (χ1v) is 8.33. The molecule has 1 aliphatic rings. The lowest BCUT2D eigenvalue weighted by Gasteiger charge is -2.16. The van der Waals surface area contributed by atoms with Crippen molar-refractivity contribution in [2.45, 2.75) is 26.4 Å². The Bertz CT molecular complexity index is 909. The van der Waals surface area contributed by atoms with Gasteiger partial charge in [-0.05, 0) is 44.6 Å². The Morgan fingerprint density at radius 3 is 2.84 bits per heavy atom. The summed E-state index contributed by atoms with van der Waals surface area (Å²) >= 11 is 0. The molecule has 1 unspecified atom stereocenters. The van der Waals surface area contributed by atoms with Gasteiger partial charge in [0.05, 0.1) is 23.6 Å². The molecule has 1 aliphatic heterocycles. The molecule has 3 aromatic rings. The number of nitrogens with zero attached hydrogens (tertiary/aromatic N) is 6. The van der Waals surface area contributed by atoms with Crippen molar-refractivity contribution in [2.75, 3.05) is 18.0 Å². The monoisotopic (exact) mass is 338 g/mol. The largest absolute Gasteiger partial charge is 0.354 e. The normalized spacial score (nSPS) is 17.9. The van der Waals surface area contributed by atoms with E-state index in [1.165, 1.54) is 0 Å². The van der Waals surface area contributed by atoms with Crippen molar-refractivity contribution >= 4 is 23.6 Å². The van der Waals surface area contributed by atoms with Crippen molar-refractivity contribution in [1.82, 2.24) is 24.6 Å². The average Bonchev–Trinajstić information content (AvgIpc) is 3.24. The summed E-state index contributed by atoms with van der Waals surface area (Å²) in [6, 6.07) is 5.76. The molecule has 3 aromatic heterocycles. The minimum Gasteiger partial charge on any atom is -0.354 e. The Morgan fingerprint density at radius 1 is 1.20 bits per heavy atom. The summed E-state index contributed by atoms with van der Waals surface area (Å²) in [6.45, 7) is 4.98. The van der Waals surface area contributed by atoms with E-state index in [1.54, 1.807) is 10.7 Å². The van der Waals surface area contributed by atoms with Gasteiger partial charge in [-0.25, -0.2) is 18.9 Å².